The summed E-state index contributed by atoms with van der Waals surface area (Å²) in [5.41, 5.74) is 0. The van der Waals surface area contributed by atoms with Gasteiger partial charge in [0.15, 0.2) is 0 Å². The lowest BCUT2D eigenvalue weighted by Gasteiger charge is -2.10. The first-order chi connectivity index (χ1) is 11.0. The number of hydrogen-bond donors (Lipinski definition) is 1. The summed E-state index contributed by atoms with van der Waals surface area (Å²) in [6, 6.07) is 0. The summed E-state index contributed by atoms with van der Waals surface area (Å²) in [4.78, 5) is 0. The van der Waals surface area contributed by atoms with E-state index < -0.39 is 16.5 Å². The Hall–Kier alpha value is -0.170. The maximum Gasteiger partial charge on any atom is 0.397 e. The van der Waals surface area contributed by atoms with Crippen LogP contribution in [0.5, 0.6) is 0 Å². The lowest BCUT2D eigenvalue weighted by Crippen LogP contribution is -2.20. The van der Waals surface area contributed by atoms with E-state index in [9.17, 15) is 8.42 Å². The van der Waals surface area contributed by atoms with E-state index in [1.165, 1.54) is 64.2 Å². The fraction of sp³-hybridized carbons (Fsp3) is 1.00. The van der Waals surface area contributed by atoms with Crippen LogP contribution < -0.4 is 0 Å². The molecule has 0 aromatic rings. The highest BCUT2D eigenvalue weighted by molar-refractivity contribution is 7.80. The van der Waals surface area contributed by atoms with E-state index in [0.717, 1.165) is 12.8 Å². The van der Waals surface area contributed by atoms with Gasteiger partial charge in [-0.1, -0.05) is 77.6 Å². The molecule has 0 fully saturated rings. The average molecular weight is 353 g/mol. The predicted molar refractivity (Wildman–Crippen MR) is 94.0 cm³/mol. The van der Waals surface area contributed by atoms with Crippen molar-refractivity contribution < 1.29 is 21.9 Å². The number of hydrogen-bond acceptors (Lipinski definition) is 4. The van der Waals surface area contributed by atoms with Crippen LogP contribution in [0.15, 0.2) is 0 Å². The summed E-state index contributed by atoms with van der Waals surface area (Å²) in [5, 5.41) is 0. The Kier molecular flexibility index (Phi) is 15.2. The molecule has 140 valence electrons. The van der Waals surface area contributed by atoms with Gasteiger partial charge in [0.1, 0.15) is 0 Å². The minimum Gasteiger partial charge on any atom is -0.379 e. The van der Waals surface area contributed by atoms with Crippen LogP contribution in [0.1, 0.15) is 90.9 Å². The lowest BCUT2D eigenvalue weighted by atomic mass is 10.1. The monoisotopic (exact) mass is 352 g/mol. The van der Waals surface area contributed by atoms with Crippen molar-refractivity contribution in [3.8, 4) is 0 Å². The first kappa shape index (κ1) is 22.8. The lowest BCUT2D eigenvalue weighted by molar-refractivity contribution is 0.0538. The summed E-state index contributed by atoms with van der Waals surface area (Å²) in [5.74, 6) is 0. The summed E-state index contributed by atoms with van der Waals surface area (Å²) in [7, 11) is -4.37. The third-order valence-electron chi connectivity index (χ3n) is 3.78. The van der Waals surface area contributed by atoms with Gasteiger partial charge in [-0.15, -0.1) is 0 Å². The molecular formula is C17H36O5S. The van der Waals surface area contributed by atoms with E-state index in [1.807, 2.05) is 0 Å². The molecule has 0 saturated heterocycles. The van der Waals surface area contributed by atoms with Gasteiger partial charge in [0, 0.05) is 6.61 Å². The van der Waals surface area contributed by atoms with Crippen molar-refractivity contribution >= 4 is 10.4 Å². The Labute approximate surface area is 143 Å². The van der Waals surface area contributed by atoms with Crippen LogP contribution in [0, 0.1) is 0 Å². The Balaban J connectivity index is 3.16. The molecule has 0 heterocycles. The van der Waals surface area contributed by atoms with Gasteiger partial charge in [0.25, 0.3) is 0 Å². The van der Waals surface area contributed by atoms with Crippen molar-refractivity contribution in [2.75, 3.05) is 13.2 Å². The molecule has 0 aromatic heterocycles. The topological polar surface area (TPSA) is 72.8 Å². The van der Waals surface area contributed by atoms with Crippen molar-refractivity contribution in [3.05, 3.63) is 0 Å². The molecule has 0 amide bonds. The van der Waals surface area contributed by atoms with E-state index in [1.54, 1.807) is 6.92 Å². The van der Waals surface area contributed by atoms with Gasteiger partial charge in [-0.2, -0.15) is 8.42 Å². The molecule has 5 nitrogen and oxygen atoms in total. The molecule has 0 bridgehead atoms. The second-order valence-electron chi connectivity index (χ2n) is 6.30. The molecule has 0 aromatic carbocycles. The van der Waals surface area contributed by atoms with Gasteiger partial charge in [-0.25, -0.2) is 4.18 Å². The van der Waals surface area contributed by atoms with Crippen molar-refractivity contribution in [2.45, 2.75) is 97.0 Å². The number of unbranched alkanes of at least 4 members (excludes halogenated alkanes) is 11. The van der Waals surface area contributed by atoms with E-state index >= 15 is 0 Å². The van der Waals surface area contributed by atoms with Gasteiger partial charge < -0.3 is 4.74 Å². The molecule has 0 spiro atoms. The molecule has 0 aliphatic heterocycles. The molecule has 0 saturated carbocycles. The van der Waals surface area contributed by atoms with E-state index in [-0.39, 0.29) is 6.61 Å². The van der Waals surface area contributed by atoms with Gasteiger partial charge in [0.2, 0.25) is 0 Å². The van der Waals surface area contributed by atoms with Crippen LogP contribution in [-0.2, 0) is 19.3 Å². The molecular weight excluding hydrogens is 316 g/mol. The molecule has 1 atom stereocenters. The summed E-state index contributed by atoms with van der Waals surface area (Å²) in [6.07, 6.45) is 14.9. The zero-order chi connectivity index (χ0) is 17.4. The van der Waals surface area contributed by atoms with Gasteiger partial charge >= 0.3 is 10.4 Å². The van der Waals surface area contributed by atoms with Gasteiger partial charge in [-0.3, -0.25) is 4.55 Å². The Morgan fingerprint density at radius 2 is 1.26 bits per heavy atom. The molecule has 1 N–H and O–H groups in total. The average Bonchev–Trinajstić information content (AvgIpc) is 2.46. The largest absolute Gasteiger partial charge is 0.397 e. The maximum absolute atomic E-state index is 10.5. The Bertz CT molecular complexity index is 343. The zero-order valence-electron chi connectivity index (χ0n) is 15.0. The first-order valence-corrected chi connectivity index (χ1v) is 10.6. The molecule has 0 aliphatic carbocycles. The highest BCUT2D eigenvalue weighted by Gasteiger charge is 2.11. The summed E-state index contributed by atoms with van der Waals surface area (Å²) < 4.78 is 39.1. The van der Waals surface area contributed by atoms with Crippen LogP contribution in [0.4, 0.5) is 0 Å². The van der Waals surface area contributed by atoms with Crippen LogP contribution in [0.2, 0.25) is 0 Å². The SMILES string of the molecule is CCCCCCCCCCCCCCOCC(C)OS(=O)(=O)O. The molecule has 6 heteroatoms. The third kappa shape index (κ3) is 19.8. The van der Waals surface area contributed by atoms with Crippen molar-refractivity contribution in [2.24, 2.45) is 0 Å². The third-order valence-corrected chi connectivity index (χ3v) is 4.35. The molecule has 0 radical (unpaired) electrons. The van der Waals surface area contributed by atoms with Gasteiger partial charge in [-0.05, 0) is 13.3 Å². The normalized spacial score (nSPS) is 13.3. The Morgan fingerprint density at radius 3 is 1.70 bits per heavy atom. The molecule has 1 unspecified atom stereocenters. The van der Waals surface area contributed by atoms with Crippen LogP contribution >= 0.6 is 0 Å². The number of ether oxygens (including phenoxy) is 1. The molecule has 0 aliphatic rings. The minimum absolute atomic E-state index is 0.178. The van der Waals surface area contributed by atoms with Crippen molar-refractivity contribution in [3.63, 3.8) is 0 Å². The molecule has 23 heavy (non-hydrogen) atoms. The zero-order valence-corrected chi connectivity index (χ0v) is 15.8. The van der Waals surface area contributed by atoms with Crippen LogP contribution in [0.25, 0.3) is 0 Å². The smallest absolute Gasteiger partial charge is 0.379 e. The fourth-order valence-corrected chi connectivity index (χ4v) is 3.00. The van der Waals surface area contributed by atoms with E-state index in [0.29, 0.717) is 6.61 Å². The fourth-order valence-electron chi connectivity index (χ4n) is 2.53. The summed E-state index contributed by atoms with van der Waals surface area (Å²) in [6.45, 7) is 4.59. The van der Waals surface area contributed by atoms with Crippen molar-refractivity contribution in [1.29, 1.82) is 0 Å². The second-order valence-corrected chi connectivity index (χ2v) is 7.35. The Morgan fingerprint density at radius 1 is 0.826 bits per heavy atom. The predicted octanol–water partition coefficient (Wildman–Crippen LogP) is 4.91. The van der Waals surface area contributed by atoms with Crippen LogP contribution in [0.3, 0.4) is 0 Å². The standard InChI is InChI=1S/C17H36O5S/c1-3-4-5-6-7-8-9-10-11-12-13-14-15-21-16-17(2)22-23(18,19)20/h17H,3-16H2,1-2H3,(H,18,19,20). The number of rotatable bonds is 17. The van der Waals surface area contributed by atoms with Crippen molar-refractivity contribution in [1.82, 2.24) is 0 Å². The highest BCUT2D eigenvalue weighted by Crippen LogP contribution is 2.12. The maximum atomic E-state index is 10.5. The molecule has 0 rings (SSSR count). The summed E-state index contributed by atoms with van der Waals surface area (Å²) >= 11 is 0. The minimum atomic E-state index is -4.37. The highest BCUT2D eigenvalue weighted by atomic mass is 32.3. The van der Waals surface area contributed by atoms with Crippen LogP contribution in [-0.4, -0.2) is 32.3 Å². The second kappa shape index (κ2) is 15.4. The van der Waals surface area contributed by atoms with E-state index in [2.05, 4.69) is 11.1 Å². The first-order valence-electron chi connectivity index (χ1n) is 9.19. The quantitative estimate of drug-likeness (QED) is 0.297. The van der Waals surface area contributed by atoms with Gasteiger partial charge in [0.05, 0.1) is 12.7 Å². The van der Waals surface area contributed by atoms with E-state index in [4.69, 9.17) is 9.29 Å².